The van der Waals surface area contributed by atoms with Gasteiger partial charge in [-0.15, -0.1) is 46.4 Å². The fourth-order valence-corrected chi connectivity index (χ4v) is 0. The molecule has 0 aromatic carbocycles. The summed E-state index contributed by atoms with van der Waals surface area (Å²) in [5.74, 6) is 0. The van der Waals surface area contributed by atoms with Crippen LogP contribution in [0.2, 0.25) is 0 Å². The summed E-state index contributed by atoms with van der Waals surface area (Å²) < 4.78 is 0. The molecule has 0 radical (unpaired) electrons. The van der Waals surface area contributed by atoms with Crippen LogP contribution in [-0.2, 0) is 17.1 Å². The van der Waals surface area contributed by atoms with Crippen molar-refractivity contribution < 1.29 is 17.1 Å². The van der Waals surface area contributed by atoms with Gasteiger partial charge >= 0.3 is 0 Å². The van der Waals surface area contributed by atoms with Crippen LogP contribution in [0, 0.1) is 0 Å². The second-order valence-corrected chi connectivity index (χ2v) is 1.82. The largest absolute Gasteiger partial charge is 0.109 e. The molecular formula is C2H4Cl4Fe. The molecule has 0 amide bonds. The van der Waals surface area contributed by atoms with E-state index in [1.807, 2.05) is 0 Å². The van der Waals surface area contributed by atoms with E-state index in [-0.39, 0.29) is 27.7 Å². The fourth-order valence-electron chi connectivity index (χ4n) is 0. The maximum absolute atomic E-state index is 4.76. The van der Waals surface area contributed by atoms with Gasteiger partial charge in [0.25, 0.3) is 0 Å². The molecule has 5 heteroatoms. The molecule has 0 saturated heterocycles. The zero-order chi connectivity index (χ0) is 5.41. The van der Waals surface area contributed by atoms with E-state index < -0.39 is 0 Å². The van der Waals surface area contributed by atoms with Crippen molar-refractivity contribution in [2.45, 2.75) is 0 Å². The summed E-state index contributed by atoms with van der Waals surface area (Å²) in [4.78, 5) is 0. The van der Waals surface area contributed by atoms with Gasteiger partial charge in [0.2, 0.25) is 0 Å². The van der Waals surface area contributed by atoms with Gasteiger partial charge < -0.3 is 0 Å². The Labute approximate surface area is 73.9 Å². The van der Waals surface area contributed by atoms with Crippen LogP contribution < -0.4 is 0 Å². The smallest absolute Gasteiger partial charge is 0.0967 e. The molecule has 48 valence electrons. The monoisotopic (exact) mass is 224 g/mol. The van der Waals surface area contributed by atoms with Crippen LogP contribution in [0.3, 0.4) is 0 Å². The summed E-state index contributed by atoms with van der Waals surface area (Å²) >= 11 is 19.1. The van der Waals surface area contributed by atoms with Crippen LogP contribution in [0.5, 0.6) is 0 Å². The third kappa shape index (κ3) is 87.8. The molecule has 0 heterocycles. The van der Waals surface area contributed by atoms with Gasteiger partial charge in [-0.2, -0.15) is 0 Å². The van der Waals surface area contributed by atoms with Gasteiger partial charge in [-0.25, -0.2) is 0 Å². The van der Waals surface area contributed by atoms with Gasteiger partial charge in [-0.3, -0.25) is 0 Å². The first-order chi connectivity index (χ1) is 2.83. The Kier molecular flexibility index (Phi) is 57.4. The first-order valence-electron chi connectivity index (χ1n) is 1.07. The van der Waals surface area contributed by atoms with Crippen molar-refractivity contribution in [3.8, 4) is 0 Å². The summed E-state index contributed by atoms with van der Waals surface area (Å²) in [5, 5.41) is 0.389. The molecular weight excluding hydrogens is 222 g/mol. The standard InChI is InChI=1S/2CH2Cl2.Fe/c2*2-1-3;/h2*1H2;. The second kappa shape index (κ2) is 25.3. The van der Waals surface area contributed by atoms with Crippen molar-refractivity contribution in [1.29, 1.82) is 0 Å². The SMILES string of the molecule is ClCCl.ClCCl.[Fe]. The van der Waals surface area contributed by atoms with Crippen molar-refractivity contribution in [3.05, 3.63) is 0 Å². The van der Waals surface area contributed by atoms with E-state index in [4.69, 9.17) is 46.4 Å². The zero-order valence-corrected chi connectivity index (χ0v) is 7.41. The van der Waals surface area contributed by atoms with Gasteiger partial charge in [-0.1, -0.05) is 0 Å². The molecule has 0 fully saturated rings. The van der Waals surface area contributed by atoms with E-state index in [0.29, 0.717) is 0 Å². The Morgan fingerprint density at radius 3 is 0.714 bits per heavy atom. The first kappa shape index (κ1) is 15.9. The van der Waals surface area contributed by atoms with E-state index in [1.165, 1.54) is 0 Å². The molecule has 0 aliphatic carbocycles. The molecule has 0 nitrogen and oxygen atoms in total. The van der Waals surface area contributed by atoms with E-state index in [9.17, 15) is 0 Å². The Bertz CT molecular complexity index is 11.7. The number of hydrogen-bond donors (Lipinski definition) is 0. The molecule has 0 atom stereocenters. The minimum atomic E-state index is 0. The van der Waals surface area contributed by atoms with Crippen LogP contribution in [0.25, 0.3) is 0 Å². The minimum Gasteiger partial charge on any atom is -0.109 e. The molecule has 7 heavy (non-hydrogen) atoms. The number of alkyl halides is 4. The summed E-state index contributed by atoms with van der Waals surface area (Å²) in [7, 11) is 0. The molecule has 0 rings (SSSR count). The molecule has 0 aromatic heterocycles. The van der Waals surface area contributed by atoms with Gasteiger partial charge in [-0.05, 0) is 0 Å². The molecule has 0 bridgehead atoms. The number of halogens is 4. The molecule has 0 saturated carbocycles. The van der Waals surface area contributed by atoms with Gasteiger partial charge in [0, 0.05) is 17.1 Å². The topological polar surface area (TPSA) is 0 Å². The van der Waals surface area contributed by atoms with E-state index in [1.54, 1.807) is 0 Å². The molecule has 0 unspecified atom stereocenters. The predicted molar refractivity (Wildman–Crippen MR) is 33.1 cm³/mol. The molecule has 0 aliphatic heterocycles. The van der Waals surface area contributed by atoms with Crippen molar-refractivity contribution in [2.75, 3.05) is 10.7 Å². The van der Waals surface area contributed by atoms with Crippen molar-refractivity contribution >= 4 is 46.4 Å². The van der Waals surface area contributed by atoms with Crippen LogP contribution in [0.15, 0.2) is 0 Å². The summed E-state index contributed by atoms with van der Waals surface area (Å²) in [6, 6.07) is 0. The average Bonchev–Trinajstić information content (AvgIpc) is 1.39. The summed E-state index contributed by atoms with van der Waals surface area (Å²) in [6.45, 7) is 0. The summed E-state index contributed by atoms with van der Waals surface area (Å²) in [6.07, 6.45) is 0. The Balaban J connectivity index is -0.0000000400. The molecule has 0 aliphatic rings. The maximum atomic E-state index is 4.76. The second-order valence-electron chi connectivity index (χ2n) is 0.202. The molecule has 0 aromatic rings. The van der Waals surface area contributed by atoms with E-state index >= 15 is 0 Å². The Morgan fingerprint density at radius 2 is 0.714 bits per heavy atom. The van der Waals surface area contributed by atoms with Crippen molar-refractivity contribution in [1.82, 2.24) is 0 Å². The Morgan fingerprint density at radius 1 is 0.714 bits per heavy atom. The minimum absolute atomic E-state index is 0. The maximum Gasteiger partial charge on any atom is 0.0967 e. The average molecular weight is 226 g/mol. The van der Waals surface area contributed by atoms with E-state index in [0.717, 1.165) is 0 Å². The molecule has 0 spiro atoms. The summed E-state index contributed by atoms with van der Waals surface area (Å²) in [5.41, 5.74) is 0. The normalized spacial score (nSPS) is 5.14. The number of rotatable bonds is 0. The quantitative estimate of drug-likeness (QED) is 0.439. The Hall–Kier alpha value is 1.68. The van der Waals surface area contributed by atoms with Crippen LogP contribution in [0.1, 0.15) is 0 Å². The van der Waals surface area contributed by atoms with Crippen molar-refractivity contribution in [2.24, 2.45) is 0 Å². The fraction of sp³-hybridized carbons (Fsp3) is 1.00. The first-order valence-corrected chi connectivity index (χ1v) is 3.21. The van der Waals surface area contributed by atoms with Crippen LogP contribution in [0.4, 0.5) is 0 Å². The van der Waals surface area contributed by atoms with E-state index in [2.05, 4.69) is 0 Å². The van der Waals surface area contributed by atoms with Gasteiger partial charge in [0.05, 0.1) is 10.7 Å². The zero-order valence-electron chi connectivity index (χ0n) is 3.28. The number of hydrogen-bond acceptors (Lipinski definition) is 0. The van der Waals surface area contributed by atoms with Crippen LogP contribution >= 0.6 is 46.4 Å². The van der Waals surface area contributed by atoms with Gasteiger partial charge in [0.1, 0.15) is 0 Å². The van der Waals surface area contributed by atoms with Crippen molar-refractivity contribution in [3.63, 3.8) is 0 Å². The third-order valence-corrected chi connectivity index (χ3v) is 0. The predicted octanol–water partition coefficient (Wildman–Crippen LogP) is 2.84. The third-order valence-electron chi connectivity index (χ3n) is 0. The van der Waals surface area contributed by atoms with Crippen LogP contribution in [-0.4, -0.2) is 10.7 Å². The van der Waals surface area contributed by atoms with Gasteiger partial charge in [0.15, 0.2) is 0 Å². The molecule has 0 N–H and O–H groups in total.